The van der Waals surface area contributed by atoms with Gasteiger partial charge >= 0.3 is 6.09 Å². The van der Waals surface area contributed by atoms with Crippen LogP contribution in [0.1, 0.15) is 27.2 Å². The predicted molar refractivity (Wildman–Crippen MR) is 62.9 cm³/mol. The van der Waals surface area contributed by atoms with Gasteiger partial charge in [0.1, 0.15) is 17.8 Å². The molecule has 0 saturated carbocycles. The molecule has 3 N–H and O–H groups in total. The third-order valence-corrected chi connectivity index (χ3v) is 3.64. The Hall–Kier alpha value is -0.850. The lowest BCUT2D eigenvalue weighted by atomic mass is 9.86. The lowest BCUT2D eigenvalue weighted by Gasteiger charge is -2.28. The Kier molecular flexibility index (Phi) is 3.29. The minimum Gasteiger partial charge on any atom is -0.444 e. The van der Waals surface area contributed by atoms with E-state index in [0.717, 1.165) is 0 Å². The maximum absolute atomic E-state index is 12.1. The standard InChI is InChI=1S/C12H21NO5/c1-12(2,3)18-11(17)13-7-4-6(5-14)8(13)10(16)9(7)15/h6-10,14-16H,4-5H2,1-3H3. The van der Waals surface area contributed by atoms with Gasteiger partial charge in [-0.15, -0.1) is 0 Å². The predicted octanol–water partition coefficient (Wildman–Crippen LogP) is -0.292. The lowest BCUT2D eigenvalue weighted by molar-refractivity contribution is -0.0116. The number of fused-ring (bicyclic) bond motifs is 2. The first-order valence-electron chi connectivity index (χ1n) is 6.24. The molecule has 1 amide bonds. The van der Waals surface area contributed by atoms with Gasteiger partial charge < -0.3 is 20.1 Å². The van der Waals surface area contributed by atoms with Crippen LogP contribution in [0.25, 0.3) is 0 Å². The van der Waals surface area contributed by atoms with E-state index in [1.54, 1.807) is 20.8 Å². The first-order valence-corrected chi connectivity index (χ1v) is 6.24. The van der Waals surface area contributed by atoms with E-state index >= 15 is 0 Å². The van der Waals surface area contributed by atoms with Crippen molar-refractivity contribution >= 4 is 6.09 Å². The Bertz CT molecular complexity index is 338. The van der Waals surface area contributed by atoms with Crippen molar-refractivity contribution in [1.29, 1.82) is 0 Å². The van der Waals surface area contributed by atoms with Crippen molar-refractivity contribution in [3.05, 3.63) is 0 Å². The van der Waals surface area contributed by atoms with E-state index in [2.05, 4.69) is 0 Å². The molecule has 5 unspecified atom stereocenters. The highest BCUT2D eigenvalue weighted by Gasteiger charge is 2.59. The molecule has 0 aromatic carbocycles. The second-order valence-corrected chi connectivity index (χ2v) is 6.11. The van der Waals surface area contributed by atoms with E-state index in [1.165, 1.54) is 4.90 Å². The highest BCUT2D eigenvalue weighted by Crippen LogP contribution is 2.42. The molecule has 2 fully saturated rings. The molecule has 104 valence electrons. The quantitative estimate of drug-likeness (QED) is 0.602. The largest absolute Gasteiger partial charge is 0.444 e. The number of rotatable bonds is 1. The van der Waals surface area contributed by atoms with Crippen LogP contribution in [-0.2, 0) is 4.74 Å². The van der Waals surface area contributed by atoms with Crippen molar-refractivity contribution in [3.8, 4) is 0 Å². The second kappa shape index (κ2) is 4.36. The zero-order valence-corrected chi connectivity index (χ0v) is 10.9. The van der Waals surface area contributed by atoms with Crippen molar-refractivity contribution in [2.75, 3.05) is 6.61 Å². The Balaban J connectivity index is 2.16. The Morgan fingerprint density at radius 3 is 2.44 bits per heavy atom. The van der Waals surface area contributed by atoms with Crippen molar-refractivity contribution in [1.82, 2.24) is 4.90 Å². The van der Waals surface area contributed by atoms with Crippen LogP contribution in [0.5, 0.6) is 0 Å². The summed E-state index contributed by atoms with van der Waals surface area (Å²) in [6.07, 6.45) is -2.00. The Labute approximate surface area is 106 Å². The third kappa shape index (κ3) is 2.08. The van der Waals surface area contributed by atoms with Gasteiger partial charge in [-0.3, -0.25) is 4.90 Å². The van der Waals surface area contributed by atoms with Crippen molar-refractivity contribution in [2.45, 2.75) is 57.1 Å². The maximum Gasteiger partial charge on any atom is 0.410 e. The van der Waals surface area contributed by atoms with Gasteiger partial charge in [-0.05, 0) is 27.2 Å². The van der Waals surface area contributed by atoms with E-state index in [9.17, 15) is 20.1 Å². The van der Waals surface area contributed by atoms with E-state index in [4.69, 9.17) is 4.74 Å². The molecule has 18 heavy (non-hydrogen) atoms. The third-order valence-electron chi connectivity index (χ3n) is 3.64. The topological polar surface area (TPSA) is 90.2 Å². The average Bonchev–Trinajstić information content (AvgIpc) is 2.72. The zero-order chi connectivity index (χ0) is 13.7. The molecule has 2 rings (SSSR count). The van der Waals surface area contributed by atoms with Gasteiger partial charge in [0.25, 0.3) is 0 Å². The number of aliphatic hydroxyl groups excluding tert-OH is 3. The van der Waals surface area contributed by atoms with Crippen LogP contribution in [0.4, 0.5) is 4.79 Å². The van der Waals surface area contributed by atoms with Gasteiger partial charge in [0.2, 0.25) is 0 Å². The highest BCUT2D eigenvalue weighted by molar-refractivity contribution is 5.70. The molecule has 5 atom stereocenters. The minimum absolute atomic E-state index is 0.107. The monoisotopic (exact) mass is 259 g/mol. The fraction of sp³-hybridized carbons (Fsp3) is 0.917. The summed E-state index contributed by atoms with van der Waals surface area (Å²) in [6, 6.07) is -1.01. The fourth-order valence-corrected chi connectivity index (χ4v) is 2.94. The number of hydrogen-bond donors (Lipinski definition) is 3. The molecule has 6 heteroatoms. The molecule has 2 aliphatic heterocycles. The average molecular weight is 259 g/mol. The van der Waals surface area contributed by atoms with Gasteiger partial charge in [-0.1, -0.05) is 0 Å². The number of aliphatic hydroxyl groups is 3. The molecular formula is C12H21NO5. The normalized spacial score (nSPS) is 39.2. The molecule has 6 nitrogen and oxygen atoms in total. The molecule has 0 spiro atoms. The molecule has 2 bridgehead atoms. The molecule has 0 aliphatic carbocycles. The summed E-state index contributed by atoms with van der Waals surface area (Å²) in [6.45, 7) is 5.18. The molecule has 0 aromatic rings. The summed E-state index contributed by atoms with van der Waals surface area (Å²) in [5, 5.41) is 29.0. The number of carbonyl (C=O) groups is 1. The van der Waals surface area contributed by atoms with Crippen LogP contribution in [0.15, 0.2) is 0 Å². The summed E-state index contributed by atoms with van der Waals surface area (Å²) in [4.78, 5) is 13.5. The number of carbonyl (C=O) groups excluding carboxylic acids is 1. The SMILES string of the molecule is CC(C)(C)OC(=O)N1C2CC(CO)C1C(O)C2O. The summed E-state index contributed by atoms with van der Waals surface area (Å²) >= 11 is 0. The first-order chi connectivity index (χ1) is 8.26. The Morgan fingerprint density at radius 2 is 1.94 bits per heavy atom. The van der Waals surface area contributed by atoms with E-state index in [0.29, 0.717) is 6.42 Å². The van der Waals surface area contributed by atoms with Gasteiger partial charge in [-0.25, -0.2) is 4.79 Å². The van der Waals surface area contributed by atoms with Gasteiger partial charge in [0, 0.05) is 12.5 Å². The highest BCUT2D eigenvalue weighted by atomic mass is 16.6. The minimum atomic E-state index is -1.01. The molecule has 2 heterocycles. The number of hydrogen-bond acceptors (Lipinski definition) is 5. The van der Waals surface area contributed by atoms with Crippen LogP contribution < -0.4 is 0 Å². The Morgan fingerprint density at radius 1 is 1.33 bits per heavy atom. The van der Waals surface area contributed by atoms with Crippen molar-refractivity contribution in [2.24, 2.45) is 5.92 Å². The zero-order valence-electron chi connectivity index (χ0n) is 10.9. The molecule has 2 saturated heterocycles. The van der Waals surface area contributed by atoms with Crippen LogP contribution in [0, 0.1) is 5.92 Å². The second-order valence-electron chi connectivity index (χ2n) is 6.11. The summed E-state index contributed by atoms with van der Waals surface area (Å²) in [7, 11) is 0. The van der Waals surface area contributed by atoms with Gasteiger partial charge in [0.15, 0.2) is 0 Å². The molecule has 0 radical (unpaired) electrons. The van der Waals surface area contributed by atoms with Gasteiger partial charge in [0.05, 0.1) is 12.1 Å². The molecule has 2 aliphatic rings. The van der Waals surface area contributed by atoms with Crippen molar-refractivity contribution in [3.63, 3.8) is 0 Å². The smallest absolute Gasteiger partial charge is 0.410 e. The summed E-state index contributed by atoms with van der Waals surface area (Å²) in [5.74, 6) is -0.194. The van der Waals surface area contributed by atoms with E-state index in [1.807, 2.05) is 0 Å². The summed E-state index contributed by atoms with van der Waals surface area (Å²) < 4.78 is 5.28. The molecular weight excluding hydrogens is 238 g/mol. The number of amides is 1. The summed E-state index contributed by atoms with van der Waals surface area (Å²) in [5.41, 5.74) is -0.621. The number of nitrogens with zero attached hydrogens (tertiary/aromatic N) is 1. The maximum atomic E-state index is 12.1. The number of ether oxygens (including phenoxy) is 1. The van der Waals surface area contributed by atoms with Crippen molar-refractivity contribution < 1.29 is 24.9 Å². The fourth-order valence-electron chi connectivity index (χ4n) is 2.94. The lowest BCUT2D eigenvalue weighted by Crippen LogP contribution is -2.44. The van der Waals surface area contributed by atoms with Crippen LogP contribution in [-0.4, -0.2) is 62.8 Å². The molecule has 0 aromatic heterocycles. The first kappa shape index (κ1) is 13.6. The van der Waals surface area contributed by atoms with E-state index in [-0.39, 0.29) is 12.5 Å². The van der Waals surface area contributed by atoms with Crippen LogP contribution in [0.3, 0.4) is 0 Å². The van der Waals surface area contributed by atoms with Crippen LogP contribution >= 0.6 is 0 Å². The van der Waals surface area contributed by atoms with E-state index < -0.39 is 36.0 Å². The van der Waals surface area contributed by atoms with Crippen LogP contribution in [0.2, 0.25) is 0 Å². The van der Waals surface area contributed by atoms with Gasteiger partial charge in [-0.2, -0.15) is 0 Å².